The van der Waals surface area contributed by atoms with Crippen molar-refractivity contribution in [1.29, 1.82) is 0 Å². The number of nitrogens with zero attached hydrogens (tertiary/aromatic N) is 4. The maximum Gasteiger partial charge on any atom is 0.260 e. The van der Waals surface area contributed by atoms with Gasteiger partial charge < -0.3 is 20.4 Å². The molecule has 3 unspecified atom stereocenters. The molecule has 14 nitrogen and oxygen atoms in total. The molecule has 0 spiro atoms. The summed E-state index contributed by atoms with van der Waals surface area (Å²) in [6.45, 7) is -0.823. The van der Waals surface area contributed by atoms with Crippen molar-refractivity contribution in [2.75, 3.05) is 17.5 Å². The number of benzene rings is 2. The molecular weight excluding hydrogens is 472 g/mol. The number of rotatable bonds is 9. The minimum Gasteiger partial charge on any atom is -0.394 e. The normalized spacial score (nSPS) is 14.7. The predicted molar refractivity (Wildman–Crippen MR) is 133 cm³/mol. The van der Waals surface area contributed by atoms with Gasteiger partial charge in [-0.3, -0.25) is 19.6 Å². The fourth-order valence-corrected chi connectivity index (χ4v) is 3.22. The lowest BCUT2D eigenvalue weighted by atomic mass is 10.0. The number of para-hydroxylation sites is 2. The molecule has 4 rings (SSSR count). The highest BCUT2D eigenvalue weighted by Crippen LogP contribution is 2.10. The molecule has 2 heterocycles. The second kappa shape index (κ2) is 10.8. The van der Waals surface area contributed by atoms with Gasteiger partial charge in [-0.05, 0) is 24.3 Å². The van der Waals surface area contributed by atoms with Crippen molar-refractivity contribution < 1.29 is 20.4 Å². The summed E-state index contributed by atoms with van der Waals surface area (Å²) in [4.78, 5) is 37.9. The van der Waals surface area contributed by atoms with Crippen LogP contribution >= 0.6 is 0 Å². The number of fused-ring (bicyclic) bond motifs is 2. The second-order valence-electron chi connectivity index (χ2n) is 7.57. The Balaban J connectivity index is 1.61. The van der Waals surface area contributed by atoms with Gasteiger partial charge in [0, 0.05) is 0 Å². The lowest BCUT2D eigenvalue weighted by molar-refractivity contribution is -0.0548. The summed E-state index contributed by atoms with van der Waals surface area (Å²) in [5.74, 6) is -0.0734. The zero-order chi connectivity index (χ0) is 25.7. The van der Waals surface area contributed by atoms with Crippen molar-refractivity contribution in [3.8, 4) is 0 Å². The number of hydrogen-bond donors (Lipinski definition) is 8. The third kappa shape index (κ3) is 5.42. The molecule has 0 bridgehead atoms. The second-order valence-corrected chi connectivity index (χ2v) is 7.57. The van der Waals surface area contributed by atoms with Gasteiger partial charge in [-0.1, -0.05) is 24.3 Å². The van der Waals surface area contributed by atoms with Crippen LogP contribution in [-0.2, 0) is 0 Å². The van der Waals surface area contributed by atoms with Crippen LogP contribution in [0.25, 0.3) is 21.8 Å². The molecule has 14 heteroatoms. The van der Waals surface area contributed by atoms with E-state index in [-0.39, 0.29) is 17.6 Å². The van der Waals surface area contributed by atoms with Crippen molar-refractivity contribution >= 4 is 45.6 Å². The topological polar surface area (TPSA) is 221 Å². The fourth-order valence-electron chi connectivity index (χ4n) is 3.22. The van der Waals surface area contributed by atoms with E-state index in [0.29, 0.717) is 21.8 Å². The standard InChI is InChI=1S/C22H22N8O6/c31-10-16(32)18(34)17(33)15(28-30-22-25-14-8-4-2-6-12(14)20(36)27-22)9-23-29-21-24-13-7-3-1-5-11(13)19(35)26-21/h1-9,16-18,31-34H,10H2,(H2,24,26,29,35)(H2,25,27,30,36)/b23-9+,28-15-. The number of aliphatic hydroxyl groups is 4. The average molecular weight is 494 g/mol. The molecule has 0 radical (unpaired) electrons. The lowest BCUT2D eigenvalue weighted by Gasteiger charge is -2.21. The summed E-state index contributed by atoms with van der Waals surface area (Å²) in [6.07, 6.45) is -4.34. The summed E-state index contributed by atoms with van der Waals surface area (Å²) in [5.41, 5.74) is 4.61. The van der Waals surface area contributed by atoms with Crippen molar-refractivity contribution in [2.24, 2.45) is 10.2 Å². The van der Waals surface area contributed by atoms with Crippen LogP contribution in [-0.4, -0.2) is 77.2 Å². The molecule has 0 amide bonds. The van der Waals surface area contributed by atoms with E-state index in [2.05, 4.69) is 41.0 Å². The predicted octanol–water partition coefficient (Wildman–Crippen LogP) is -0.900. The van der Waals surface area contributed by atoms with Crippen LogP contribution in [0.3, 0.4) is 0 Å². The van der Waals surface area contributed by atoms with E-state index in [1.807, 2.05) is 0 Å². The first kappa shape index (κ1) is 24.6. The third-order valence-electron chi connectivity index (χ3n) is 5.09. The van der Waals surface area contributed by atoms with Gasteiger partial charge in [-0.2, -0.15) is 10.2 Å². The minimum atomic E-state index is -1.83. The highest BCUT2D eigenvalue weighted by molar-refractivity contribution is 6.33. The lowest BCUT2D eigenvalue weighted by Crippen LogP contribution is -2.44. The highest BCUT2D eigenvalue weighted by Gasteiger charge is 2.28. The summed E-state index contributed by atoms with van der Waals surface area (Å²) in [6, 6.07) is 13.3. The van der Waals surface area contributed by atoms with Crippen LogP contribution in [0.2, 0.25) is 0 Å². The van der Waals surface area contributed by atoms with Gasteiger partial charge in [0.2, 0.25) is 11.9 Å². The minimum absolute atomic E-state index is 0.00628. The summed E-state index contributed by atoms with van der Waals surface area (Å²) in [5, 5.41) is 48.0. The molecule has 2 aromatic heterocycles. The number of hydrazone groups is 2. The Kier molecular flexibility index (Phi) is 7.41. The number of nitrogens with one attached hydrogen (secondary N) is 4. The molecule has 0 aliphatic heterocycles. The van der Waals surface area contributed by atoms with Gasteiger partial charge in [-0.15, -0.1) is 0 Å². The van der Waals surface area contributed by atoms with Crippen LogP contribution in [0.1, 0.15) is 0 Å². The Hall–Kier alpha value is -4.50. The zero-order valence-corrected chi connectivity index (χ0v) is 18.5. The molecule has 2 aromatic carbocycles. The molecule has 8 N–H and O–H groups in total. The van der Waals surface area contributed by atoms with E-state index in [9.17, 15) is 24.9 Å². The van der Waals surface area contributed by atoms with Crippen molar-refractivity contribution in [3.05, 3.63) is 69.2 Å². The number of H-pyrrole nitrogens is 2. The highest BCUT2D eigenvalue weighted by atomic mass is 16.4. The molecule has 36 heavy (non-hydrogen) atoms. The van der Waals surface area contributed by atoms with Gasteiger partial charge >= 0.3 is 0 Å². The number of anilines is 2. The first-order valence-electron chi connectivity index (χ1n) is 10.6. The van der Waals surface area contributed by atoms with Gasteiger partial charge in [0.05, 0.1) is 34.6 Å². The van der Waals surface area contributed by atoms with Crippen LogP contribution in [0, 0.1) is 0 Å². The summed E-state index contributed by atoms with van der Waals surface area (Å²) >= 11 is 0. The monoisotopic (exact) mass is 494 g/mol. The Morgan fingerprint density at radius 3 is 1.97 bits per heavy atom. The maximum atomic E-state index is 12.3. The van der Waals surface area contributed by atoms with E-state index in [4.69, 9.17) is 5.11 Å². The molecule has 4 aromatic rings. The van der Waals surface area contributed by atoms with Crippen molar-refractivity contribution in [1.82, 2.24) is 19.9 Å². The average Bonchev–Trinajstić information content (AvgIpc) is 2.89. The van der Waals surface area contributed by atoms with E-state index >= 15 is 0 Å². The molecule has 0 aliphatic carbocycles. The molecular formula is C22H22N8O6. The van der Waals surface area contributed by atoms with Crippen LogP contribution < -0.4 is 22.0 Å². The van der Waals surface area contributed by atoms with Crippen molar-refractivity contribution in [2.45, 2.75) is 18.3 Å². The Bertz CT molecular complexity index is 1550. The molecule has 0 aliphatic rings. The van der Waals surface area contributed by atoms with Crippen LogP contribution in [0.15, 0.2) is 68.3 Å². The zero-order valence-electron chi connectivity index (χ0n) is 18.5. The maximum absolute atomic E-state index is 12.3. The fraction of sp³-hybridized carbons (Fsp3) is 0.182. The van der Waals surface area contributed by atoms with E-state index in [0.717, 1.165) is 6.21 Å². The largest absolute Gasteiger partial charge is 0.394 e. The smallest absolute Gasteiger partial charge is 0.260 e. The summed E-state index contributed by atoms with van der Waals surface area (Å²) < 4.78 is 0. The number of aromatic nitrogens is 4. The third-order valence-corrected chi connectivity index (χ3v) is 5.09. The van der Waals surface area contributed by atoms with Crippen LogP contribution in [0.4, 0.5) is 11.9 Å². The Morgan fingerprint density at radius 2 is 1.42 bits per heavy atom. The Labute approximate surface area is 201 Å². The molecule has 3 atom stereocenters. The molecule has 0 fully saturated rings. The van der Waals surface area contributed by atoms with Crippen molar-refractivity contribution in [3.63, 3.8) is 0 Å². The van der Waals surface area contributed by atoms with E-state index < -0.39 is 36.0 Å². The van der Waals surface area contributed by atoms with Gasteiger partial charge in [0.25, 0.3) is 11.1 Å². The first-order chi connectivity index (χ1) is 17.4. The van der Waals surface area contributed by atoms with E-state index in [1.165, 1.54) is 0 Å². The number of aromatic amines is 2. The SMILES string of the molecule is O=c1[nH]c(N/N=C(/C=N/Nc2nc3ccccc3c(=O)[nH]2)C(O)C(O)C(O)CO)nc2ccccc12. The number of hydrogen-bond acceptors (Lipinski definition) is 12. The van der Waals surface area contributed by atoms with E-state index in [1.54, 1.807) is 48.5 Å². The Morgan fingerprint density at radius 1 is 0.889 bits per heavy atom. The molecule has 0 saturated heterocycles. The van der Waals surface area contributed by atoms with Gasteiger partial charge in [0.1, 0.15) is 24.0 Å². The van der Waals surface area contributed by atoms with Gasteiger partial charge in [-0.25, -0.2) is 20.8 Å². The quantitative estimate of drug-likeness (QED) is 0.106. The molecule has 0 saturated carbocycles. The van der Waals surface area contributed by atoms with Gasteiger partial charge in [0.15, 0.2) is 0 Å². The summed E-state index contributed by atoms with van der Waals surface area (Å²) in [7, 11) is 0. The first-order valence-corrected chi connectivity index (χ1v) is 10.6. The number of aliphatic hydroxyl groups excluding tert-OH is 4. The molecule has 186 valence electrons. The van der Waals surface area contributed by atoms with Crippen LogP contribution in [0.5, 0.6) is 0 Å².